The lowest BCUT2D eigenvalue weighted by atomic mass is 9.84. The van der Waals surface area contributed by atoms with Crippen LogP contribution in [0.15, 0.2) is 18.5 Å². The van der Waals surface area contributed by atoms with E-state index < -0.39 is 0 Å². The molecule has 3 N–H and O–H groups in total. The summed E-state index contributed by atoms with van der Waals surface area (Å²) < 4.78 is 5.57. The van der Waals surface area contributed by atoms with Gasteiger partial charge in [-0.25, -0.2) is 0 Å². The molecule has 0 saturated carbocycles. The van der Waals surface area contributed by atoms with E-state index in [0.717, 1.165) is 30.8 Å². The van der Waals surface area contributed by atoms with Crippen molar-refractivity contribution in [3.8, 4) is 5.75 Å². The second-order valence-corrected chi connectivity index (χ2v) is 5.89. The normalized spacial score (nSPS) is 20.2. The molecular formula is C16H28N4O. The number of rotatable bonds is 7. The number of aromatic nitrogens is 1. The van der Waals surface area contributed by atoms with Crippen LogP contribution in [-0.4, -0.2) is 35.1 Å². The molecule has 1 aliphatic heterocycles. The summed E-state index contributed by atoms with van der Waals surface area (Å²) >= 11 is 0. The van der Waals surface area contributed by atoms with Crippen molar-refractivity contribution >= 4 is 0 Å². The van der Waals surface area contributed by atoms with Crippen molar-refractivity contribution in [2.75, 3.05) is 19.7 Å². The Hall–Kier alpha value is -1.17. The number of nitrogens with one attached hydrogen (secondary N) is 1. The van der Waals surface area contributed by atoms with Crippen molar-refractivity contribution < 1.29 is 4.74 Å². The second-order valence-electron chi connectivity index (χ2n) is 5.89. The zero-order valence-corrected chi connectivity index (χ0v) is 13.4. The van der Waals surface area contributed by atoms with Crippen molar-refractivity contribution in [1.29, 1.82) is 0 Å². The predicted molar refractivity (Wildman–Crippen MR) is 85.0 cm³/mol. The number of nitrogens with zero attached hydrogens (tertiary/aromatic N) is 2. The molecule has 118 valence electrons. The highest BCUT2D eigenvalue weighted by Gasteiger charge is 2.40. The summed E-state index contributed by atoms with van der Waals surface area (Å²) in [6, 6.07) is 2.08. The molecule has 2 atom stereocenters. The fraction of sp³-hybridized carbons (Fsp3) is 0.688. The molecule has 0 aliphatic carbocycles. The van der Waals surface area contributed by atoms with E-state index in [-0.39, 0.29) is 11.6 Å². The summed E-state index contributed by atoms with van der Waals surface area (Å²) in [4.78, 5) is 6.85. The van der Waals surface area contributed by atoms with Crippen molar-refractivity contribution in [3.05, 3.63) is 24.0 Å². The molecule has 1 aromatic rings. The Bertz CT molecular complexity index is 448. The minimum Gasteiger partial charge on any atom is -0.492 e. The molecule has 1 aliphatic rings. The van der Waals surface area contributed by atoms with E-state index in [4.69, 9.17) is 10.6 Å². The molecule has 1 fully saturated rings. The zero-order valence-electron chi connectivity index (χ0n) is 13.4. The smallest absolute Gasteiger partial charge is 0.137 e. The van der Waals surface area contributed by atoms with Crippen molar-refractivity contribution in [3.63, 3.8) is 0 Å². The van der Waals surface area contributed by atoms with Gasteiger partial charge in [-0.2, -0.15) is 0 Å². The average molecular weight is 292 g/mol. The molecule has 5 heteroatoms. The molecule has 1 aromatic heterocycles. The zero-order chi connectivity index (χ0) is 15.3. The highest BCUT2D eigenvalue weighted by Crippen LogP contribution is 2.36. The van der Waals surface area contributed by atoms with Gasteiger partial charge in [-0.3, -0.25) is 21.2 Å². The van der Waals surface area contributed by atoms with Crippen LogP contribution in [0.25, 0.3) is 0 Å². The molecule has 5 nitrogen and oxygen atoms in total. The third kappa shape index (κ3) is 3.36. The SMILES string of the molecule is CCOc1cncc(C(NN)C(C)(CC)N2CCCC2)c1. The molecule has 1 saturated heterocycles. The van der Waals surface area contributed by atoms with Crippen LogP contribution in [0, 0.1) is 0 Å². The number of hydrogen-bond donors (Lipinski definition) is 2. The van der Waals surface area contributed by atoms with Gasteiger partial charge in [0, 0.05) is 11.7 Å². The summed E-state index contributed by atoms with van der Waals surface area (Å²) in [6.07, 6.45) is 7.20. The maximum Gasteiger partial charge on any atom is 0.137 e. The first kappa shape index (κ1) is 16.2. The van der Waals surface area contributed by atoms with E-state index in [1.807, 2.05) is 19.2 Å². The number of ether oxygens (including phenoxy) is 1. The standard InChI is InChI=1S/C16H28N4O/c1-4-16(3,20-8-6-7-9-20)15(19-17)13-10-14(21-5-2)12-18-11-13/h10-12,15,19H,4-9,17H2,1-3H3. The molecule has 21 heavy (non-hydrogen) atoms. The first-order chi connectivity index (χ1) is 10.2. The Morgan fingerprint density at radius 1 is 1.38 bits per heavy atom. The third-order valence-electron chi connectivity index (χ3n) is 4.71. The average Bonchev–Trinajstić information content (AvgIpc) is 3.03. The maximum atomic E-state index is 5.91. The highest BCUT2D eigenvalue weighted by molar-refractivity contribution is 5.28. The van der Waals surface area contributed by atoms with Crippen LogP contribution >= 0.6 is 0 Å². The number of hydrazine groups is 1. The van der Waals surface area contributed by atoms with E-state index in [1.165, 1.54) is 12.8 Å². The molecular weight excluding hydrogens is 264 g/mol. The van der Waals surface area contributed by atoms with E-state index in [0.29, 0.717) is 6.61 Å². The summed E-state index contributed by atoms with van der Waals surface area (Å²) in [5, 5.41) is 0. The fourth-order valence-corrected chi connectivity index (χ4v) is 3.31. The van der Waals surface area contributed by atoms with Gasteiger partial charge in [0.05, 0.1) is 18.8 Å². The molecule has 0 aromatic carbocycles. The van der Waals surface area contributed by atoms with Gasteiger partial charge in [0.2, 0.25) is 0 Å². The molecule has 0 spiro atoms. The van der Waals surface area contributed by atoms with Gasteiger partial charge < -0.3 is 4.74 Å². The summed E-state index contributed by atoms with van der Waals surface area (Å²) in [5.41, 5.74) is 4.09. The lowest BCUT2D eigenvalue weighted by Crippen LogP contribution is -2.54. The topological polar surface area (TPSA) is 63.4 Å². The van der Waals surface area contributed by atoms with Crippen LogP contribution < -0.4 is 16.0 Å². The van der Waals surface area contributed by atoms with E-state index in [2.05, 4.69) is 29.2 Å². The molecule has 2 unspecified atom stereocenters. The van der Waals surface area contributed by atoms with E-state index in [1.54, 1.807) is 6.20 Å². The molecule has 0 amide bonds. The number of likely N-dealkylation sites (tertiary alicyclic amines) is 1. The molecule has 0 bridgehead atoms. The van der Waals surface area contributed by atoms with Crippen LogP contribution in [0.1, 0.15) is 51.6 Å². The van der Waals surface area contributed by atoms with Crippen LogP contribution in [0.4, 0.5) is 0 Å². The monoisotopic (exact) mass is 292 g/mol. The largest absolute Gasteiger partial charge is 0.492 e. The number of nitrogens with two attached hydrogens (primary N) is 1. The minimum atomic E-state index is -0.0161. The van der Waals surface area contributed by atoms with Crippen molar-refractivity contribution in [2.24, 2.45) is 5.84 Å². The lowest BCUT2D eigenvalue weighted by molar-refractivity contribution is 0.0837. The first-order valence-electron chi connectivity index (χ1n) is 7.94. The van der Waals surface area contributed by atoms with Gasteiger partial charge in [0.1, 0.15) is 5.75 Å². The van der Waals surface area contributed by atoms with E-state index in [9.17, 15) is 0 Å². The van der Waals surface area contributed by atoms with Gasteiger partial charge >= 0.3 is 0 Å². The Kier molecular flexibility index (Phi) is 5.56. The van der Waals surface area contributed by atoms with Gasteiger partial charge in [0.25, 0.3) is 0 Å². The Morgan fingerprint density at radius 3 is 2.67 bits per heavy atom. The summed E-state index contributed by atoms with van der Waals surface area (Å²) in [7, 11) is 0. The fourth-order valence-electron chi connectivity index (χ4n) is 3.31. The Balaban J connectivity index is 2.29. The van der Waals surface area contributed by atoms with Crippen LogP contribution in [0.2, 0.25) is 0 Å². The van der Waals surface area contributed by atoms with Gasteiger partial charge in [0.15, 0.2) is 0 Å². The van der Waals surface area contributed by atoms with Gasteiger partial charge in [-0.1, -0.05) is 6.92 Å². The minimum absolute atomic E-state index is 0.0161. The van der Waals surface area contributed by atoms with Gasteiger partial charge in [-0.05, 0) is 57.8 Å². The molecule has 0 radical (unpaired) electrons. The van der Waals surface area contributed by atoms with Crippen molar-refractivity contribution in [1.82, 2.24) is 15.3 Å². The first-order valence-corrected chi connectivity index (χ1v) is 7.94. The summed E-state index contributed by atoms with van der Waals surface area (Å²) in [6.45, 7) is 9.41. The third-order valence-corrected chi connectivity index (χ3v) is 4.71. The lowest BCUT2D eigenvalue weighted by Gasteiger charge is -2.44. The predicted octanol–water partition coefficient (Wildman–Crippen LogP) is 2.25. The van der Waals surface area contributed by atoms with Crippen molar-refractivity contribution in [2.45, 2.75) is 51.6 Å². The number of pyridine rings is 1. The molecule has 2 rings (SSSR count). The van der Waals surface area contributed by atoms with Crippen LogP contribution in [0.5, 0.6) is 5.75 Å². The second kappa shape index (κ2) is 7.20. The maximum absolute atomic E-state index is 5.91. The highest BCUT2D eigenvalue weighted by atomic mass is 16.5. The quantitative estimate of drug-likeness (QED) is 0.596. The Labute approximate surface area is 127 Å². The van der Waals surface area contributed by atoms with Crippen LogP contribution in [-0.2, 0) is 0 Å². The molecule has 2 heterocycles. The van der Waals surface area contributed by atoms with E-state index >= 15 is 0 Å². The van der Waals surface area contributed by atoms with Gasteiger partial charge in [-0.15, -0.1) is 0 Å². The Morgan fingerprint density at radius 2 is 2.10 bits per heavy atom. The van der Waals surface area contributed by atoms with Crippen LogP contribution in [0.3, 0.4) is 0 Å². The number of hydrogen-bond acceptors (Lipinski definition) is 5. The summed E-state index contributed by atoms with van der Waals surface area (Å²) in [5.74, 6) is 6.71.